The molecule has 0 heterocycles. The Hall–Kier alpha value is -2.17. The molecule has 0 bridgehead atoms. The van der Waals surface area contributed by atoms with Crippen LogP contribution in [-0.2, 0) is 14.2 Å². The van der Waals surface area contributed by atoms with Crippen molar-refractivity contribution in [3.8, 4) is 0 Å². The van der Waals surface area contributed by atoms with Gasteiger partial charge in [0, 0.05) is 11.7 Å². The van der Waals surface area contributed by atoms with Crippen molar-refractivity contribution in [3.63, 3.8) is 0 Å². The zero-order valence-corrected chi connectivity index (χ0v) is 17.6. The Morgan fingerprint density at radius 3 is 2.31 bits per heavy atom. The SMILES string of the molecule is CCCCCCC(C(CCC(=O)O)C(=O)O)P(=O)(O)c1cccc2ccccc12. The van der Waals surface area contributed by atoms with Gasteiger partial charge in [-0.1, -0.05) is 69.0 Å². The van der Waals surface area contributed by atoms with Gasteiger partial charge in [-0.15, -0.1) is 0 Å². The van der Waals surface area contributed by atoms with E-state index in [2.05, 4.69) is 6.92 Å². The van der Waals surface area contributed by atoms with Crippen molar-refractivity contribution in [1.82, 2.24) is 0 Å². The normalized spacial score (nSPS) is 15.5. The summed E-state index contributed by atoms with van der Waals surface area (Å²) in [6.45, 7) is 2.05. The molecule has 0 amide bonds. The van der Waals surface area contributed by atoms with Crippen LogP contribution in [0.4, 0.5) is 0 Å². The predicted molar refractivity (Wildman–Crippen MR) is 114 cm³/mol. The minimum absolute atomic E-state index is 0.168. The molecule has 2 aromatic rings. The Morgan fingerprint density at radius 1 is 0.966 bits per heavy atom. The fourth-order valence-corrected chi connectivity index (χ4v) is 6.33. The molecule has 0 fully saturated rings. The number of rotatable bonds is 12. The van der Waals surface area contributed by atoms with E-state index in [-0.39, 0.29) is 24.6 Å². The van der Waals surface area contributed by atoms with Crippen LogP contribution in [0.2, 0.25) is 0 Å². The van der Waals surface area contributed by atoms with Gasteiger partial charge in [-0.2, -0.15) is 0 Å². The van der Waals surface area contributed by atoms with E-state index >= 15 is 0 Å². The molecule has 0 radical (unpaired) electrons. The van der Waals surface area contributed by atoms with Gasteiger partial charge in [0.1, 0.15) is 0 Å². The lowest BCUT2D eigenvalue weighted by Crippen LogP contribution is -2.32. The molecule has 0 aliphatic rings. The van der Waals surface area contributed by atoms with E-state index in [1.807, 2.05) is 18.2 Å². The molecule has 158 valence electrons. The summed E-state index contributed by atoms with van der Waals surface area (Å²) in [5.41, 5.74) is -1.03. The van der Waals surface area contributed by atoms with Gasteiger partial charge in [0.05, 0.1) is 11.6 Å². The summed E-state index contributed by atoms with van der Waals surface area (Å²) < 4.78 is 13.7. The number of fused-ring (bicyclic) bond motifs is 1. The molecular formula is C22H29O6P. The average Bonchev–Trinajstić information content (AvgIpc) is 2.68. The molecule has 0 saturated heterocycles. The molecule has 6 nitrogen and oxygen atoms in total. The van der Waals surface area contributed by atoms with Crippen LogP contribution in [-0.4, -0.2) is 32.7 Å². The number of carbonyl (C=O) groups is 2. The molecule has 3 N–H and O–H groups in total. The Bertz CT molecular complexity index is 889. The molecule has 2 rings (SSSR count). The van der Waals surface area contributed by atoms with E-state index in [0.717, 1.165) is 24.6 Å². The van der Waals surface area contributed by atoms with Gasteiger partial charge < -0.3 is 15.1 Å². The number of hydrogen-bond donors (Lipinski definition) is 3. The highest BCUT2D eigenvalue weighted by Crippen LogP contribution is 2.52. The quantitative estimate of drug-likeness (QED) is 0.341. The third-order valence-electron chi connectivity index (χ3n) is 5.37. The van der Waals surface area contributed by atoms with Crippen molar-refractivity contribution in [2.75, 3.05) is 0 Å². The smallest absolute Gasteiger partial charge is 0.307 e. The second-order valence-electron chi connectivity index (χ2n) is 7.42. The maximum Gasteiger partial charge on any atom is 0.307 e. The summed E-state index contributed by atoms with van der Waals surface area (Å²) >= 11 is 0. The highest BCUT2D eigenvalue weighted by molar-refractivity contribution is 7.67. The largest absolute Gasteiger partial charge is 0.481 e. The Kier molecular flexibility index (Phi) is 8.42. The molecular weight excluding hydrogens is 391 g/mol. The lowest BCUT2D eigenvalue weighted by Gasteiger charge is -2.29. The van der Waals surface area contributed by atoms with Gasteiger partial charge in [-0.25, -0.2) is 0 Å². The van der Waals surface area contributed by atoms with Crippen molar-refractivity contribution >= 4 is 35.4 Å². The molecule has 2 aromatic carbocycles. The number of carboxylic acids is 2. The fraction of sp³-hybridized carbons (Fsp3) is 0.455. The third-order valence-corrected chi connectivity index (χ3v) is 7.96. The van der Waals surface area contributed by atoms with Crippen LogP contribution in [0.3, 0.4) is 0 Å². The van der Waals surface area contributed by atoms with E-state index in [1.165, 1.54) is 0 Å². The van der Waals surface area contributed by atoms with Crippen LogP contribution in [0.25, 0.3) is 10.8 Å². The number of unbranched alkanes of at least 4 members (excludes halogenated alkanes) is 3. The lowest BCUT2D eigenvalue weighted by molar-refractivity contribution is -0.143. The minimum atomic E-state index is -4.09. The maximum absolute atomic E-state index is 13.7. The summed E-state index contributed by atoms with van der Waals surface area (Å²) in [5, 5.41) is 20.4. The van der Waals surface area contributed by atoms with Crippen molar-refractivity contribution in [1.29, 1.82) is 0 Å². The first-order valence-electron chi connectivity index (χ1n) is 10.0. The maximum atomic E-state index is 13.7. The second-order valence-corrected chi connectivity index (χ2v) is 9.81. The van der Waals surface area contributed by atoms with Crippen molar-refractivity contribution in [3.05, 3.63) is 42.5 Å². The summed E-state index contributed by atoms with van der Waals surface area (Å²) in [7, 11) is -4.09. The van der Waals surface area contributed by atoms with Gasteiger partial charge in [0.2, 0.25) is 7.37 Å². The van der Waals surface area contributed by atoms with Crippen LogP contribution in [0, 0.1) is 5.92 Å². The molecule has 0 spiro atoms. The number of carboxylic acid groups (broad SMARTS) is 2. The number of aliphatic carboxylic acids is 2. The first-order chi connectivity index (χ1) is 13.8. The van der Waals surface area contributed by atoms with E-state index < -0.39 is 30.9 Å². The molecule has 7 heteroatoms. The molecule has 0 aromatic heterocycles. The van der Waals surface area contributed by atoms with E-state index in [9.17, 15) is 24.2 Å². The molecule has 29 heavy (non-hydrogen) atoms. The zero-order chi connectivity index (χ0) is 21.4. The second kappa shape index (κ2) is 10.6. The Labute approximate surface area is 171 Å². The number of hydrogen-bond acceptors (Lipinski definition) is 3. The Morgan fingerprint density at radius 2 is 1.66 bits per heavy atom. The molecule has 0 aliphatic heterocycles. The highest BCUT2D eigenvalue weighted by atomic mass is 31.2. The lowest BCUT2D eigenvalue weighted by atomic mass is 9.95. The van der Waals surface area contributed by atoms with Crippen LogP contribution in [0.5, 0.6) is 0 Å². The number of benzene rings is 2. The van der Waals surface area contributed by atoms with Crippen LogP contribution < -0.4 is 5.30 Å². The van der Waals surface area contributed by atoms with Crippen molar-refractivity contribution < 1.29 is 29.3 Å². The zero-order valence-electron chi connectivity index (χ0n) is 16.7. The van der Waals surface area contributed by atoms with Gasteiger partial charge in [-0.3, -0.25) is 14.2 Å². The summed E-state index contributed by atoms with van der Waals surface area (Å²) in [4.78, 5) is 34.2. The Balaban J connectivity index is 2.47. The van der Waals surface area contributed by atoms with E-state index in [0.29, 0.717) is 11.8 Å². The van der Waals surface area contributed by atoms with Crippen molar-refractivity contribution in [2.45, 2.75) is 57.5 Å². The third kappa shape index (κ3) is 5.91. The first kappa shape index (κ1) is 23.1. The van der Waals surface area contributed by atoms with E-state index in [1.54, 1.807) is 24.3 Å². The summed E-state index contributed by atoms with van der Waals surface area (Å²) in [6.07, 6.45) is 3.18. The standard InChI is InChI=1S/C22H29O6P/c1-2-3-4-5-12-20(18(22(25)26)14-15-21(23)24)29(27,28)19-13-8-10-16-9-6-7-11-17(16)19/h6-11,13,18,20H,2-5,12,14-15H2,1H3,(H,23,24)(H,25,26)(H,27,28). The molecule has 0 aliphatic carbocycles. The summed E-state index contributed by atoms with van der Waals surface area (Å²) in [6, 6.07) is 12.3. The molecule has 3 unspecified atom stereocenters. The first-order valence-corrected chi connectivity index (χ1v) is 11.8. The van der Waals surface area contributed by atoms with Gasteiger partial charge in [0.15, 0.2) is 0 Å². The van der Waals surface area contributed by atoms with Crippen molar-refractivity contribution in [2.24, 2.45) is 5.92 Å². The van der Waals surface area contributed by atoms with Crippen LogP contribution in [0.1, 0.15) is 51.9 Å². The minimum Gasteiger partial charge on any atom is -0.481 e. The monoisotopic (exact) mass is 420 g/mol. The predicted octanol–water partition coefficient (Wildman–Crippen LogP) is 4.64. The van der Waals surface area contributed by atoms with Gasteiger partial charge in [0.25, 0.3) is 0 Å². The highest BCUT2D eigenvalue weighted by Gasteiger charge is 2.42. The average molecular weight is 420 g/mol. The fourth-order valence-electron chi connectivity index (χ4n) is 3.83. The molecule has 3 atom stereocenters. The topological polar surface area (TPSA) is 112 Å². The summed E-state index contributed by atoms with van der Waals surface area (Å²) in [5.74, 6) is -3.53. The van der Waals surface area contributed by atoms with Gasteiger partial charge >= 0.3 is 11.9 Å². The van der Waals surface area contributed by atoms with Crippen LogP contribution in [0.15, 0.2) is 42.5 Å². The van der Waals surface area contributed by atoms with E-state index in [4.69, 9.17) is 5.11 Å². The molecule has 0 saturated carbocycles. The van der Waals surface area contributed by atoms with Crippen LogP contribution >= 0.6 is 7.37 Å². The van der Waals surface area contributed by atoms with Gasteiger partial charge in [-0.05, 0) is 29.7 Å².